The molecule has 1 rings (SSSR count). The van der Waals surface area contributed by atoms with Crippen molar-refractivity contribution in [2.24, 2.45) is 5.73 Å². The molecule has 3 N–H and O–H groups in total. The largest absolute Gasteiger partial charge is 0.352 e. The van der Waals surface area contributed by atoms with Crippen molar-refractivity contribution in [3.05, 3.63) is 33.3 Å². The minimum Gasteiger partial charge on any atom is -0.352 e. The zero-order chi connectivity index (χ0) is 12.1. The molecule has 1 atom stereocenters. The van der Waals surface area contributed by atoms with Gasteiger partial charge in [-0.15, -0.1) is 0 Å². The van der Waals surface area contributed by atoms with Crippen molar-refractivity contribution in [1.82, 2.24) is 5.32 Å². The zero-order valence-electron chi connectivity index (χ0n) is 8.97. The summed E-state index contributed by atoms with van der Waals surface area (Å²) >= 11 is 9.23. The normalized spacial score (nSPS) is 12.2. The molecule has 0 aliphatic rings. The van der Waals surface area contributed by atoms with Crippen LogP contribution in [0.5, 0.6) is 0 Å². The van der Waals surface area contributed by atoms with Gasteiger partial charge in [0.05, 0.1) is 10.6 Å². The van der Waals surface area contributed by atoms with E-state index in [1.165, 1.54) is 0 Å². The standard InChI is InChI=1S/C11H14BrClN2O/c1-7(14)4-5-15-11(16)9-3-2-8(12)6-10(9)13/h2-3,6-7H,4-5,14H2,1H3,(H,15,16). The molecule has 16 heavy (non-hydrogen) atoms. The van der Waals surface area contributed by atoms with Gasteiger partial charge in [-0.2, -0.15) is 0 Å². The van der Waals surface area contributed by atoms with Gasteiger partial charge in [-0.25, -0.2) is 0 Å². The number of benzene rings is 1. The van der Waals surface area contributed by atoms with Gasteiger partial charge < -0.3 is 11.1 Å². The number of hydrogen-bond donors (Lipinski definition) is 2. The monoisotopic (exact) mass is 304 g/mol. The fourth-order valence-electron chi connectivity index (χ4n) is 1.18. The lowest BCUT2D eigenvalue weighted by atomic mass is 10.2. The van der Waals surface area contributed by atoms with Gasteiger partial charge in [-0.05, 0) is 31.5 Å². The van der Waals surface area contributed by atoms with E-state index in [-0.39, 0.29) is 11.9 Å². The highest BCUT2D eigenvalue weighted by molar-refractivity contribution is 9.10. The number of halogens is 2. The van der Waals surface area contributed by atoms with Crippen LogP contribution in [0.2, 0.25) is 5.02 Å². The first-order chi connectivity index (χ1) is 7.50. The van der Waals surface area contributed by atoms with Crippen LogP contribution < -0.4 is 11.1 Å². The Hall–Kier alpha value is -0.580. The number of amides is 1. The van der Waals surface area contributed by atoms with Crippen molar-refractivity contribution < 1.29 is 4.79 Å². The molecule has 0 aliphatic carbocycles. The first-order valence-corrected chi connectivity index (χ1v) is 6.16. The summed E-state index contributed by atoms with van der Waals surface area (Å²) in [4.78, 5) is 11.7. The van der Waals surface area contributed by atoms with Gasteiger partial charge in [0.25, 0.3) is 5.91 Å². The predicted molar refractivity (Wildman–Crippen MR) is 69.8 cm³/mol. The van der Waals surface area contributed by atoms with Crippen LogP contribution in [-0.2, 0) is 0 Å². The van der Waals surface area contributed by atoms with E-state index in [1.54, 1.807) is 18.2 Å². The van der Waals surface area contributed by atoms with Gasteiger partial charge in [0.2, 0.25) is 0 Å². The summed E-state index contributed by atoms with van der Waals surface area (Å²) in [5.41, 5.74) is 6.06. The summed E-state index contributed by atoms with van der Waals surface area (Å²) in [6.07, 6.45) is 0.750. The van der Waals surface area contributed by atoms with Crippen molar-refractivity contribution >= 4 is 33.4 Å². The third-order valence-corrected chi connectivity index (χ3v) is 2.87. The van der Waals surface area contributed by atoms with Crippen LogP contribution >= 0.6 is 27.5 Å². The Bertz CT molecular complexity index is 382. The number of carbonyl (C=O) groups excluding carboxylic acids is 1. The van der Waals surface area contributed by atoms with Crippen molar-refractivity contribution in [2.45, 2.75) is 19.4 Å². The topological polar surface area (TPSA) is 55.1 Å². The van der Waals surface area contributed by atoms with Gasteiger partial charge >= 0.3 is 0 Å². The molecule has 3 nitrogen and oxygen atoms in total. The van der Waals surface area contributed by atoms with E-state index in [4.69, 9.17) is 17.3 Å². The Morgan fingerprint density at radius 3 is 2.88 bits per heavy atom. The molecule has 0 saturated carbocycles. The fourth-order valence-corrected chi connectivity index (χ4v) is 1.94. The molecule has 88 valence electrons. The maximum Gasteiger partial charge on any atom is 0.252 e. The third-order valence-electron chi connectivity index (χ3n) is 2.06. The summed E-state index contributed by atoms with van der Waals surface area (Å²) < 4.78 is 0.852. The van der Waals surface area contributed by atoms with Crippen molar-refractivity contribution in [2.75, 3.05) is 6.54 Å². The van der Waals surface area contributed by atoms with Crippen LogP contribution in [0.4, 0.5) is 0 Å². The first-order valence-electron chi connectivity index (χ1n) is 4.99. The quantitative estimate of drug-likeness (QED) is 0.898. The van der Waals surface area contributed by atoms with E-state index in [1.807, 2.05) is 6.92 Å². The van der Waals surface area contributed by atoms with Crippen molar-refractivity contribution in [1.29, 1.82) is 0 Å². The van der Waals surface area contributed by atoms with Crippen molar-refractivity contribution in [3.63, 3.8) is 0 Å². The molecule has 1 aromatic rings. The average Bonchev–Trinajstić information content (AvgIpc) is 2.16. The number of nitrogens with one attached hydrogen (secondary N) is 1. The summed E-state index contributed by atoms with van der Waals surface area (Å²) in [5.74, 6) is -0.168. The molecule has 0 fully saturated rings. The molecule has 5 heteroatoms. The van der Waals surface area contributed by atoms with E-state index in [9.17, 15) is 4.79 Å². The van der Waals surface area contributed by atoms with Gasteiger partial charge in [-0.3, -0.25) is 4.79 Å². The molecule has 1 unspecified atom stereocenters. The van der Waals surface area contributed by atoms with E-state index >= 15 is 0 Å². The van der Waals surface area contributed by atoms with E-state index in [0.29, 0.717) is 17.1 Å². The molecule has 0 heterocycles. The second-order valence-corrected chi connectivity index (χ2v) is 4.97. The molecule has 0 saturated heterocycles. The highest BCUT2D eigenvalue weighted by Gasteiger charge is 2.09. The van der Waals surface area contributed by atoms with Gasteiger partial charge in [0.1, 0.15) is 0 Å². The van der Waals surface area contributed by atoms with Gasteiger partial charge in [0.15, 0.2) is 0 Å². The SMILES string of the molecule is CC(N)CCNC(=O)c1ccc(Br)cc1Cl. The Morgan fingerprint density at radius 1 is 1.62 bits per heavy atom. The van der Waals surface area contributed by atoms with Gasteiger partial charge in [-0.1, -0.05) is 27.5 Å². The maximum atomic E-state index is 11.7. The molecule has 0 aromatic heterocycles. The Kier molecular flexibility index (Phi) is 5.25. The Balaban J connectivity index is 2.59. The lowest BCUT2D eigenvalue weighted by Crippen LogP contribution is -2.29. The van der Waals surface area contributed by atoms with Crippen LogP contribution in [0.25, 0.3) is 0 Å². The molecular weight excluding hydrogens is 291 g/mol. The Labute approximate surface area is 108 Å². The zero-order valence-corrected chi connectivity index (χ0v) is 11.3. The fraction of sp³-hybridized carbons (Fsp3) is 0.364. The number of carbonyl (C=O) groups is 1. The lowest BCUT2D eigenvalue weighted by Gasteiger charge is -2.08. The van der Waals surface area contributed by atoms with Crippen molar-refractivity contribution in [3.8, 4) is 0 Å². The van der Waals surface area contributed by atoms with Crippen LogP contribution in [0.1, 0.15) is 23.7 Å². The molecular formula is C11H14BrClN2O. The van der Waals surface area contributed by atoms with Crippen LogP contribution in [0.15, 0.2) is 22.7 Å². The van der Waals surface area contributed by atoms with E-state index in [0.717, 1.165) is 10.9 Å². The molecule has 0 aliphatic heterocycles. The Morgan fingerprint density at radius 2 is 2.31 bits per heavy atom. The van der Waals surface area contributed by atoms with Crippen LogP contribution in [0.3, 0.4) is 0 Å². The van der Waals surface area contributed by atoms with E-state index < -0.39 is 0 Å². The molecule has 0 bridgehead atoms. The predicted octanol–water partition coefficient (Wildman–Crippen LogP) is 2.57. The summed E-state index contributed by atoms with van der Waals surface area (Å²) in [6, 6.07) is 5.25. The number of nitrogens with two attached hydrogens (primary N) is 1. The molecule has 0 spiro atoms. The summed E-state index contributed by atoms with van der Waals surface area (Å²) in [7, 11) is 0. The second kappa shape index (κ2) is 6.23. The highest BCUT2D eigenvalue weighted by atomic mass is 79.9. The van der Waals surface area contributed by atoms with E-state index in [2.05, 4.69) is 21.2 Å². The number of rotatable bonds is 4. The second-order valence-electron chi connectivity index (χ2n) is 3.65. The van der Waals surface area contributed by atoms with Gasteiger partial charge in [0, 0.05) is 17.1 Å². The number of hydrogen-bond acceptors (Lipinski definition) is 2. The maximum absolute atomic E-state index is 11.7. The minimum atomic E-state index is -0.168. The lowest BCUT2D eigenvalue weighted by molar-refractivity contribution is 0.0953. The van der Waals surface area contributed by atoms with Crippen LogP contribution in [0, 0.1) is 0 Å². The molecule has 1 amide bonds. The third kappa shape index (κ3) is 4.12. The summed E-state index contributed by atoms with van der Waals surface area (Å²) in [5, 5.41) is 3.21. The van der Waals surface area contributed by atoms with Crippen LogP contribution in [-0.4, -0.2) is 18.5 Å². The first kappa shape index (κ1) is 13.5. The molecule has 1 aromatic carbocycles. The highest BCUT2D eigenvalue weighted by Crippen LogP contribution is 2.21. The molecule has 0 radical (unpaired) electrons. The average molecular weight is 306 g/mol. The summed E-state index contributed by atoms with van der Waals surface area (Å²) in [6.45, 7) is 2.46. The smallest absolute Gasteiger partial charge is 0.252 e. The minimum absolute atomic E-state index is 0.0840.